The van der Waals surface area contributed by atoms with Gasteiger partial charge in [0.15, 0.2) is 0 Å². The molecular formula is C2H6BaO5S. The summed E-state index contributed by atoms with van der Waals surface area (Å²) in [6.07, 6.45) is 0. The Morgan fingerprint density at radius 2 is 1.89 bits per heavy atom. The van der Waals surface area contributed by atoms with Crippen LogP contribution in [0.5, 0.6) is 0 Å². The Labute approximate surface area is 93.0 Å². The van der Waals surface area contributed by atoms with E-state index in [1.54, 1.807) is 0 Å². The average molecular weight is 279 g/mol. The molecule has 0 N–H and O–H groups in total. The zero-order valence-corrected chi connectivity index (χ0v) is 4.68. The zero-order chi connectivity index (χ0) is 6.04. The molecule has 1 aliphatic rings. The Balaban J connectivity index is 0.000000640. The SMILES string of the molecule is O=S1(=O)OCCOO1.[BaH2]. The van der Waals surface area contributed by atoms with E-state index in [0.29, 0.717) is 0 Å². The van der Waals surface area contributed by atoms with Crippen LogP contribution >= 0.6 is 0 Å². The standard InChI is InChI=1S/C2H4O5S.Ba.2H/c3-8(4)6-2-1-5-7-8;;;/h1-2H2;;;. The van der Waals surface area contributed by atoms with Crippen LogP contribution in [0.4, 0.5) is 0 Å². The Hall–Kier alpha value is 1.40. The molecule has 0 aromatic rings. The first kappa shape index (κ1) is 10.4. The van der Waals surface area contributed by atoms with Crippen molar-refractivity contribution in [2.24, 2.45) is 0 Å². The average Bonchev–Trinajstić information content (AvgIpc) is 1.65. The zero-order valence-electron chi connectivity index (χ0n) is 3.86. The molecule has 0 radical (unpaired) electrons. The third kappa shape index (κ3) is 3.96. The normalized spacial score (nSPS) is 24.4. The van der Waals surface area contributed by atoms with Crippen LogP contribution in [0.25, 0.3) is 0 Å². The summed E-state index contributed by atoms with van der Waals surface area (Å²) in [4.78, 5) is 4.07. The van der Waals surface area contributed by atoms with Crippen LogP contribution in [0.3, 0.4) is 0 Å². The molecule has 1 fully saturated rings. The third-order valence-corrected chi connectivity index (χ3v) is 1.24. The molecule has 1 rings (SSSR count). The first-order chi connectivity index (χ1) is 3.71. The van der Waals surface area contributed by atoms with Gasteiger partial charge in [0, 0.05) is 0 Å². The minimum atomic E-state index is -3.80. The predicted molar refractivity (Wildman–Crippen MR) is 30.5 cm³/mol. The maximum absolute atomic E-state index is 10.1. The number of rotatable bonds is 0. The molecule has 0 amide bonds. The molecule has 1 aliphatic heterocycles. The van der Waals surface area contributed by atoms with Gasteiger partial charge in [0.05, 0.1) is 6.61 Å². The summed E-state index contributed by atoms with van der Waals surface area (Å²) in [5, 5.41) is 0. The molecule has 9 heavy (non-hydrogen) atoms. The van der Waals surface area contributed by atoms with Crippen LogP contribution in [-0.2, 0) is 23.8 Å². The van der Waals surface area contributed by atoms with E-state index in [1.165, 1.54) is 0 Å². The van der Waals surface area contributed by atoms with Crippen LogP contribution in [0, 0.1) is 0 Å². The third-order valence-electron chi connectivity index (χ3n) is 0.526. The summed E-state index contributed by atoms with van der Waals surface area (Å²) >= 11 is 0. The molecule has 0 saturated carbocycles. The fourth-order valence-corrected chi connectivity index (χ4v) is 0.780. The Kier molecular flexibility index (Phi) is 4.99. The van der Waals surface area contributed by atoms with Gasteiger partial charge in [-0.15, -0.1) is 0 Å². The van der Waals surface area contributed by atoms with Gasteiger partial charge in [-0.05, 0) is 0 Å². The van der Waals surface area contributed by atoms with Crippen molar-refractivity contribution in [3.63, 3.8) is 0 Å². The molecule has 7 heteroatoms. The van der Waals surface area contributed by atoms with Crippen LogP contribution in [0.15, 0.2) is 0 Å². The molecule has 52 valence electrons. The van der Waals surface area contributed by atoms with Crippen molar-refractivity contribution in [1.82, 2.24) is 0 Å². The summed E-state index contributed by atoms with van der Waals surface area (Å²) in [6, 6.07) is 0. The van der Waals surface area contributed by atoms with Gasteiger partial charge in [0.25, 0.3) is 0 Å². The Morgan fingerprint density at radius 1 is 1.22 bits per heavy atom. The van der Waals surface area contributed by atoms with Crippen molar-refractivity contribution in [2.75, 3.05) is 13.2 Å². The molecule has 1 heterocycles. The second kappa shape index (κ2) is 4.31. The Bertz CT molecular complexity index is 150. The van der Waals surface area contributed by atoms with Crippen molar-refractivity contribution >= 4 is 59.3 Å². The molecule has 0 bridgehead atoms. The van der Waals surface area contributed by atoms with Crippen molar-refractivity contribution < 1.29 is 21.8 Å². The summed E-state index contributed by atoms with van der Waals surface area (Å²) in [7, 11) is -3.80. The van der Waals surface area contributed by atoms with E-state index < -0.39 is 10.4 Å². The summed E-state index contributed by atoms with van der Waals surface area (Å²) < 4.78 is 28.0. The van der Waals surface area contributed by atoms with E-state index in [0.717, 1.165) is 0 Å². The van der Waals surface area contributed by atoms with Crippen molar-refractivity contribution in [2.45, 2.75) is 0 Å². The molecule has 0 atom stereocenters. The van der Waals surface area contributed by atoms with Crippen LogP contribution in [0.2, 0.25) is 0 Å². The van der Waals surface area contributed by atoms with Crippen molar-refractivity contribution in [3.8, 4) is 0 Å². The van der Waals surface area contributed by atoms with Gasteiger partial charge < -0.3 is 0 Å². The second-order valence-corrected chi connectivity index (χ2v) is 2.31. The molecule has 0 aromatic carbocycles. The van der Waals surface area contributed by atoms with Gasteiger partial charge >= 0.3 is 59.3 Å². The number of hydrogen-bond acceptors (Lipinski definition) is 5. The molecule has 0 spiro atoms. The van der Waals surface area contributed by atoms with E-state index in [-0.39, 0.29) is 62.1 Å². The van der Waals surface area contributed by atoms with Gasteiger partial charge in [-0.1, -0.05) is 4.33 Å². The quantitative estimate of drug-likeness (QED) is 0.390. The van der Waals surface area contributed by atoms with E-state index in [1.807, 2.05) is 0 Å². The fraction of sp³-hybridized carbons (Fsp3) is 1.00. The molecule has 0 unspecified atom stereocenters. The van der Waals surface area contributed by atoms with Gasteiger partial charge in [-0.3, -0.25) is 0 Å². The van der Waals surface area contributed by atoms with E-state index in [9.17, 15) is 8.42 Å². The maximum atomic E-state index is 10.1. The first-order valence-electron chi connectivity index (χ1n) is 1.91. The fourth-order valence-electron chi connectivity index (χ4n) is 0.283. The van der Waals surface area contributed by atoms with Crippen LogP contribution in [-0.4, -0.2) is 70.5 Å². The van der Waals surface area contributed by atoms with E-state index in [2.05, 4.69) is 13.4 Å². The summed E-state index contributed by atoms with van der Waals surface area (Å²) in [5.41, 5.74) is 0. The predicted octanol–water partition coefficient (Wildman–Crippen LogP) is -1.71. The minimum absolute atomic E-state index is 0. The first-order valence-corrected chi connectivity index (χ1v) is 3.24. The van der Waals surface area contributed by atoms with Crippen LogP contribution in [0.1, 0.15) is 0 Å². The van der Waals surface area contributed by atoms with Gasteiger partial charge in [-0.25, -0.2) is 9.07 Å². The molecule has 0 aliphatic carbocycles. The van der Waals surface area contributed by atoms with E-state index >= 15 is 0 Å². The van der Waals surface area contributed by atoms with Gasteiger partial charge in [0.1, 0.15) is 6.61 Å². The second-order valence-electron chi connectivity index (χ2n) is 1.12. The van der Waals surface area contributed by atoms with Gasteiger partial charge in [0.2, 0.25) is 0 Å². The van der Waals surface area contributed by atoms with E-state index in [4.69, 9.17) is 0 Å². The monoisotopic (exact) mass is 280 g/mol. The van der Waals surface area contributed by atoms with Crippen LogP contribution < -0.4 is 0 Å². The molecule has 5 nitrogen and oxygen atoms in total. The summed E-state index contributed by atoms with van der Waals surface area (Å²) in [6.45, 7) is 0.182. The molecule has 1 saturated heterocycles. The Morgan fingerprint density at radius 3 is 2.11 bits per heavy atom. The number of hydrogen-bond donors (Lipinski definition) is 0. The van der Waals surface area contributed by atoms with Gasteiger partial charge in [-0.2, -0.15) is 8.42 Å². The molecule has 0 aromatic heterocycles. The molecular weight excluding hydrogens is 273 g/mol. The van der Waals surface area contributed by atoms with Crippen molar-refractivity contribution in [3.05, 3.63) is 0 Å². The van der Waals surface area contributed by atoms with Crippen molar-refractivity contribution in [1.29, 1.82) is 0 Å². The topological polar surface area (TPSA) is 61.8 Å². The summed E-state index contributed by atoms with van der Waals surface area (Å²) in [5.74, 6) is 0.